The minimum Gasteiger partial charge on any atom is -0.496 e. The molecule has 34 heavy (non-hydrogen) atoms. The SMILES string of the molecule is COc1ccccc1CNC(=O)[C@H]1CCCN(c2ncnc3onc(-c4ccc(F)cc4)c23)C1. The van der Waals surface area contributed by atoms with Crippen LogP contribution in [0.1, 0.15) is 18.4 Å². The van der Waals surface area contributed by atoms with E-state index in [2.05, 4.69) is 25.3 Å². The van der Waals surface area contributed by atoms with Crippen LogP contribution in [0.5, 0.6) is 5.75 Å². The number of carbonyl (C=O) groups is 1. The molecule has 2 aromatic heterocycles. The molecular formula is C25H24FN5O3. The molecule has 9 heteroatoms. The van der Waals surface area contributed by atoms with Crippen molar-refractivity contribution in [1.29, 1.82) is 0 Å². The molecule has 1 saturated heterocycles. The maximum absolute atomic E-state index is 13.4. The summed E-state index contributed by atoms with van der Waals surface area (Å²) in [5.74, 6) is 0.878. The highest BCUT2D eigenvalue weighted by molar-refractivity contribution is 5.98. The molecule has 1 amide bonds. The number of benzene rings is 2. The number of methoxy groups -OCH3 is 1. The van der Waals surface area contributed by atoms with E-state index < -0.39 is 0 Å². The average molecular weight is 461 g/mol. The number of carbonyl (C=O) groups excluding carboxylic acids is 1. The Morgan fingerprint density at radius 1 is 1.21 bits per heavy atom. The third-order valence-corrected chi connectivity index (χ3v) is 6.11. The topological polar surface area (TPSA) is 93.4 Å². The maximum Gasteiger partial charge on any atom is 0.263 e. The van der Waals surface area contributed by atoms with Crippen LogP contribution in [0.15, 0.2) is 59.4 Å². The molecule has 1 aliphatic heterocycles. The Bertz CT molecular complexity index is 1310. The monoisotopic (exact) mass is 461 g/mol. The van der Waals surface area contributed by atoms with E-state index in [1.807, 2.05) is 24.3 Å². The second-order valence-electron chi connectivity index (χ2n) is 8.23. The van der Waals surface area contributed by atoms with Crippen LogP contribution in [0.2, 0.25) is 0 Å². The van der Waals surface area contributed by atoms with Crippen molar-refractivity contribution in [1.82, 2.24) is 20.4 Å². The van der Waals surface area contributed by atoms with Gasteiger partial charge in [-0.3, -0.25) is 4.79 Å². The Balaban J connectivity index is 1.36. The van der Waals surface area contributed by atoms with Gasteiger partial charge in [-0.1, -0.05) is 23.4 Å². The summed E-state index contributed by atoms with van der Waals surface area (Å²) >= 11 is 0. The second-order valence-corrected chi connectivity index (χ2v) is 8.23. The minimum absolute atomic E-state index is 0.00928. The first-order valence-corrected chi connectivity index (χ1v) is 11.1. The maximum atomic E-state index is 13.4. The zero-order valence-corrected chi connectivity index (χ0v) is 18.7. The summed E-state index contributed by atoms with van der Waals surface area (Å²) in [6, 6.07) is 13.7. The van der Waals surface area contributed by atoms with Gasteiger partial charge in [0.25, 0.3) is 5.71 Å². The third kappa shape index (κ3) is 4.28. The van der Waals surface area contributed by atoms with Crippen LogP contribution in [-0.4, -0.2) is 41.2 Å². The first-order valence-electron chi connectivity index (χ1n) is 11.1. The fourth-order valence-electron chi connectivity index (χ4n) is 4.38. The van der Waals surface area contributed by atoms with Crippen LogP contribution in [0.25, 0.3) is 22.4 Å². The molecule has 0 spiro atoms. The van der Waals surface area contributed by atoms with Gasteiger partial charge in [0, 0.05) is 30.8 Å². The molecular weight excluding hydrogens is 437 g/mol. The molecule has 5 rings (SSSR count). The van der Waals surface area contributed by atoms with Crippen molar-refractivity contribution in [2.75, 3.05) is 25.1 Å². The summed E-state index contributed by atoms with van der Waals surface area (Å²) < 4.78 is 24.2. The van der Waals surface area contributed by atoms with E-state index in [1.165, 1.54) is 18.5 Å². The number of aromatic nitrogens is 3. The molecule has 4 aromatic rings. The number of amides is 1. The number of halogens is 1. The molecule has 0 bridgehead atoms. The van der Waals surface area contributed by atoms with Crippen LogP contribution in [-0.2, 0) is 11.3 Å². The Hall–Kier alpha value is -4.01. The van der Waals surface area contributed by atoms with Gasteiger partial charge >= 0.3 is 0 Å². The van der Waals surface area contributed by atoms with Crippen LogP contribution in [0.4, 0.5) is 10.2 Å². The largest absolute Gasteiger partial charge is 0.496 e. The Morgan fingerprint density at radius 2 is 2.03 bits per heavy atom. The van der Waals surface area contributed by atoms with Crippen molar-refractivity contribution in [3.8, 4) is 17.0 Å². The van der Waals surface area contributed by atoms with Gasteiger partial charge < -0.3 is 19.5 Å². The lowest BCUT2D eigenvalue weighted by Crippen LogP contribution is -2.43. The summed E-state index contributed by atoms with van der Waals surface area (Å²) in [6.45, 7) is 1.66. The quantitative estimate of drug-likeness (QED) is 0.464. The molecule has 0 aliphatic carbocycles. The lowest BCUT2D eigenvalue weighted by Gasteiger charge is -2.33. The molecule has 1 aliphatic rings. The fraction of sp³-hybridized carbons (Fsp3) is 0.280. The van der Waals surface area contributed by atoms with Gasteiger partial charge in [-0.05, 0) is 43.2 Å². The van der Waals surface area contributed by atoms with Gasteiger partial charge in [0.2, 0.25) is 5.91 Å². The number of nitrogens with zero attached hydrogens (tertiary/aromatic N) is 4. The molecule has 1 fully saturated rings. The first-order chi connectivity index (χ1) is 16.6. The zero-order valence-electron chi connectivity index (χ0n) is 18.7. The minimum atomic E-state index is -0.328. The number of nitrogens with one attached hydrogen (secondary N) is 1. The van der Waals surface area contributed by atoms with Gasteiger partial charge in [-0.15, -0.1) is 0 Å². The van der Waals surface area contributed by atoms with Crippen LogP contribution >= 0.6 is 0 Å². The van der Waals surface area contributed by atoms with Crippen molar-refractivity contribution in [2.45, 2.75) is 19.4 Å². The van der Waals surface area contributed by atoms with E-state index in [-0.39, 0.29) is 17.6 Å². The summed E-state index contributed by atoms with van der Waals surface area (Å²) in [6.07, 6.45) is 3.06. The lowest BCUT2D eigenvalue weighted by molar-refractivity contribution is -0.125. The van der Waals surface area contributed by atoms with E-state index in [9.17, 15) is 9.18 Å². The van der Waals surface area contributed by atoms with E-state index >= 15 is 0 Å². The number of rotatable bonds is 6. The summed E-state index contributed by atoms with van der Waals surface area (Å²) in [5, 5.41) is 7.87. The summed E-state index contributed by atoms with van der Waals surface area (Å²) in [5.41, 5.74) is 2.54. The smallest absolute Gasteiger partial charge is 0.263 e. The van der Waals surface area contributed by atoms with E-state index in [0.717, 1.165) is 30.7 Å². The van der Waals surface area contributed by atoms with Crippen molar-refractivity contribution in [2.24, 2.45) is 5.92 Å². The molecule has 8 nitrogen and oxygen atoms in total. The number of fused-ring (bicyclic) bond motifs is 1. The normalized spacial score (nSPS) is 15.9. The van der Waals surface area contributed by atoms with Crippen LogP contribution < -0.4 is 15.0 Å². The van der Waals surface area contributed by atoms with Crippen molar-refractivity contribution < 1.29 is 18.4 Å². The molecule has 174 valence electrons. The number of hydrogen-bond donors (Lipinski definition) is 1. The number of hydrogen-bond acceptors (Lipinski definition) is 7. The highest BCUT2D eigenvalue weighted by atomic mass is 19.1. The van der Waals surface area contributed by atoms with Gasteiger partial charge in [-0.2, -0.15) is 4.98 Å². The number of anilines is 1. The second kappa shape index (κ2) is 9.46. The third-order valence-electron chi connectivity index (χ3n) is 6.11. The van der Waals surface area contributed by atoms with Gasteiger partial charge in [0.15, 0.2) is 0 Å². The van der Waals surface area contributed by atoms with E-state index in [0.29, 0.717) is 41.3 Å². The molecule has 0 saturated carbocycles. The number of piperidine rings is 1. The lowest BCUT2D eigenvalue weighted by atomic mass is 9.96. The first kappa shape index (κ1) is 21.8. The summed E-state index contributed by atoms with van der Waals surface area (Å²) in [4.78, 5) is 23.8. The molecule has 0 radical (unpaired) electrons. The Kier molecular flexibility index (Phi) is 6.07. The predicted molar refractivity (Wildman–Crippen MR) is 125 cm³/mol. The number of ether oxygens (including phenoxy) is 1. The highest BCUT2D eigenvalue weighted by Gasteiger charge is 2.29. The van der Waals surface area contributed by atoms with Crippen LogP contribution in [0, 0.1) is 11.7 Å². The fourth-order valence-corrected chi connectivity index (χ4v) is 4.38. The van der Waals surface area contributed by atoms with E-state index in [4.69, 9.17) is 9.26 Å². The Labute approximate surface area is 195 Å². The highest BCUT2D eigenvalue weighted by Crippen LogP contribution is 2.34. The van der Waals surface area contributed by atoms with Crippen molar-refractivity contribution in [3.63, 3.8) is 0 Å². The van der Waals surface area contributed by atoms with E-state index in [1.54, 1.807) is 19.2 Å². The molecule has 1 N–H and O–H groups in total. The van der Waals surface area contributed by atoms with Gasteiger partial charge in [0.05, 0.1) is 13.0 Å². The van der Waals surface area contributed by atoms with Gasteiger partial charge in [0.1, 0.15) is 34.8 Å². The van der Waals surface area contributed by atoms with Crippen LogP contribution in [0.3, 0.4) is 0 Å². The molecule has 1 atom stereocenters. The summed E-state index contributed by atoms with van der Waals surface area (Å²) in [7, 11) is 1.62. The zero-order chi connectivity index (χ0) is 23.5. The molecule has 3 heterocycles. The predicted octanol–water partition coefficient (Wildman–Crippen LogP) is 3.97. The van der Waals surface area contributed by atoms with Crippen molar-refractivity contribution >= 4 is 22.8 Å². The van der Waals surface area contributed by atoms with Crippen molar-refractivity contribution in [3.05, 3.63) is 66.2 Å². The Morgan fingerprint density at radius 3 is 2.85 bits per heavy atom. The van der Waals surface area contributed by atoms with Gasteiger partial charge in [-0.25, -0.2) is 9.37 Å². The standard InChI is InChI=1S/C25H24FN5O3/c1-33-20-7-3-2-5-17(20)13-27-24(32)18-6-4-12-31(14-18)23-21-22(16-8-10-19(26)11-9-16)30-34-25(21)29-15-28-23/h2-3,5,7-11,15,18H,4,6,12-14H2,1H3,(H,27,32)/t18-/m0/s1. The molecule has 2 aromatic carbocycles. The molecule has 0 unspecified atom stereocenters. The number of para-hydroxylation sites is 1. The average Bonchev–Trinajstić information content (AvgIpc) is 3.32.